The zero-order valence-corrected chi connectivity index (χ0v) is 13.8. The van der Waals surface area contributed by atoms with Gasteiger partial charge in [-0.05, 0) is 23.3 Å². The first-order valence-corrected chi connectivity index (χ1v) is 8.65. The van der Waals surface area contributed by atoms with Gasteiger partial charge in [-0.3, -0.25) is 4.79 Å². The first-order chi connectivity index (χ1) is 11.7. The van der Waals surface area contributed by atoms with Crippen LogP contribution in [0.4, 0.5) is 4.39 Å². The molecule has 7 nitrogen and oxygen atoms in total. The van der Waals surface area contributed by atoms with Crippen LogP contribution < -0.4 is 0 Å². The molecule has 1 unspecified atom stereocenters. The van der Waals surface area contributed by atoms with E-state index in [-0.39, 0.29) is 12.0 Å². The molecular formula is C16H13FN2O5S. The van der Waals surface area contributed by atoms with Crippen molar-refractivity contribution in [2.75, 3.05) is 7.05 Å². The summed E-state index contributed by atoms with van der Waals surface area (Å²) in [5.74, 6) is -2.88. The lowest BCUT2D eigenvalue weighted by molar-refractivity contribution is -0.139. The molecule has 1 aromatic heterocycles. The van der Waals surface area contributed by atoms with E-state index >= 15 is 0 Å². The molecule has 2 heterocycles. The van der Waals surface area contributed by atoms with Crippen molar-refractivity contribution in [2.24, 2.45) is 0 Å². The summed E-state index contributed by atoms with van der Waals surface area (Å²) in [5.41, 5.74) is 0.461. The Balaban J connectivity index is 2.09. The molecule has 1 aromatic carbocycles. The number of ketones is 1. The van der Waals surface area contributed by atoms with Gasteiger partial charge < -0.3 is 5.11 Å². The summed E-state index contributed by atoms with van der Waals surface area (Å²) in [6.07, 6.45) is 1.33. The van der Waals surface area contributed by atoms with Crippen LogP contribution in [0.15, 0.2) is 41.6 Å². The molecule has 3 rings (SSSR count). The van der Waals surface area contributed by atoms with E-state index in [1.807, 2.05) is 0 Å². The van der Waals surface area contributed by atoms with E-state index in [1.54, 1.807) is 12.1 Å². The van der Waals surface area contributed by atoms with Gasteiger partial charge in [-0.1, -0.05) is 18.2 Å². The van der Waals surface area contributed by atoms with Gasteiger partial charge in [0.05, 0.1) is 5.56 Å². The second-order valence-corrected chi connectivity index (χ2v) is 7.50. The van der Waals surface area contributed by atoms with Gasteiger partial charge in [0.2, 0.25) is 0 Å². The highest BCUT2D eigenvalue weighted by Crippen LogP contribution is 2.28. The molecule has 1 aliphatic rings. The highest BCUT2D eigenvalue weighted by molar-refractivity contribution is 7.89. The fraction of sp³-hybridized carbons (Fsp3) is 0.188. The monoisotopic (exact) mass is 364 g/mol. The maximum absolute atomic E-state index is 13.8. The molecule has 2 aromatic rings. The van der Waals surface area contributed by atoms with Crippen LogP contribution in [0.25, 0.3) is 0 Å². The fourth-order valence-electron chi connectivity index (χ4n) is 2.69. The van der Waals surface area contributed by atoms with Gasteiger partial charge in [-0.25, -0.2) is 22.6 Å². The number of aromatic nitrogens is 1. The smallest absolute Gasteiger partial charge is 0.330 e. The Morgan fingerprint density at radius 2 is 2.04 bits per heavy atom. The summed E-state index contributed by atoms with van der Waals surface area (Å²) in [7, 11) is -3.18. The third-order valence-corrected chi connectivity index (χ3v) is 5.78. The molecule has 0 saturated carbocycles. The third-order valence-electron chi connectivity index (χ3n) is 3.99. The first-order valence-electron chi connectivity index (χ1n) is 7.21. The lowest BCUT2D eigenvalue weighted by Crippen LogP contribution is -2.51. The zero-order chi connectivity index (χ0) is 18.4. The summed E-state index contributed by atoms with van der Waals surface area (Å²) in [6.45, 7) is 0. The molecular weight excluding hydrogens is 351 g/mol. The molecule has 1 aliphatic heterocycles. The normalized spacial score (nSPS) is 19.4. The van der Waals surface area contributed by atoms with Crippen LogP contribution >= 0.6 is 0 Å². The van der Waals surface area contributed by atoms with E-state index in [0.717, 1.165) is 7.05 Å². The summed E-state index contributed by atoms with van der Waals surface area (Å²) in [6, 6.07) is 5.44. The van der Waals surface area contributed by atoms with Gasteiger partial charge in [0, 0.05) is 19.7 Å². The average Bonchev–Trinajstić information content (AvgIpc) is 2.55. The Bertz CT molecular complexity index is 990. The van der Waals surface area contributed by atoms with E-state index in [9.17, 15) is 27.5 Å². The number of nitrogens with zero attached hydrogens (tertiary/aromatic N) is 2. The van der Waals surface area contributed by atoms with Gasteiger partial charge in [-0.15, -0.1) is 0 Å². The lowest BCUT2D eigenvalue weighted by atomic mass is 10.0. The summed E-state index contributed by atoms with van der Waals surface area (Å²) < 4.78 is 39.0. The van der Waals surface area contributed by atoms with Gasteiger partial charge in [0.1, 0.15) is 5.82 Å². The molecule has 0 spiro atoms. The van der Waals surface area contributed by atoms with Crippen molar-refractivity contribution in [3.8, 4) is 0 Å². The second-order valence-electron chi connectivity index (χ2n) is 5.59. The minimum absolute atomic E-state index is 0.0911. The second kappa shape index (κ2) is 6.01. The minimum Gasteiger partial charge on any atom is -0.480 e. The van der Waals surface area contributed by atoms with E-state index in [0.29, 0.717) is 15.4 Å². The van der Waals surface area contributed by atoms with Crippen molar-refractivity contribution < 1.29 is 27.5 Å². The van der Waals surface area contributed by atoms with Crippen molar-refractivity contribution in [3.63, 3.8) is 0 Å². The SMILES string of the molecule is CN1C(C(=O)O)C(=O)c2cc(Cc3ccccc3F)cnc2S1(=O)=O. The van der Waals surface area contributed by atoms with Crippen LogP contribution in [0.5, 0.6) is 0 Å². The van der Waals surface area contributed by atoms with Crippen LogP contribution in [0.1, 0.15) is 21.5 Å². The van der Waals surface area contributed by atoms with Crippen molar-refractivity contribution in [1.29, 1.82) is 0 Å². The molecule has 9 heteroatoms. The van der Waals surface area contributed by atoms with E-state index < -0.39 is 38.7 Å². The summed E-state index contributed by atoms with van der Waals surface area (Å²) in [4.78, 5) is 27.5. The van der Waals surface area contributed by atoms with Crippen LogP contribution in [-0.2, 0) is 21.2 Å². The number of likely N-dealkylation sites (N-methyl/N-ethyl adjacent to an activating group) is 1. The predicted octanol–water partition coefficient (Wildman–Crippen LogP) is 1.08. The van der Waals surface area contributed by atoms with Crippen LogP contribution in [-0.4, -0.2) is 47.7 Å². The maximum Gasteiger partial charge on any atom is 0.330 e. The predicted molar refractivity (Wildman–Crippen MR) is 84.1 cm³/mol. The molecule has 1 N–H and O–H groups in total. The van der Waals surface area contributed by atoms with Crippen LogP contribution in [0.3, 0.4) is 0 Å². The van der Waals surface area contributed by atoms with E-state index in [1.165, 1.54) is 24.4 Å². The molecule has 0 aliphatic carbocycles. The fourth-order valence-corrected chi connectivity index (χ4v) is 4.05. The van der Waals surface area contributed by atoms with Gasteiger partial charge in [0.15, 0.2) is 16.9 Å². The standard InChI is InChI=1S/C16H13FN2O5S/c1-19-13(16(21)22)14(20)11-7-9(8-18-15(11)25(19,23)24)6-10-4-2-3-5-12(10)17/h2-5,7-8,13H,6H2,1H3,(H,21,22). The number of hydrogen-bond donors (Lipinski definition) is 1. The number of halogens is 1. The largest absolute Gasteiger partial charge is 0.480 e. The Labute approximate surface area is 142 Å². The van der Waals surface area contributed by atoms with Gasteiger partial charge >= 0.3 is 5.97 Å². The summed E-state index contributed by atoms with van der Waals surface area (Å²) in [5, 5.41) is 8.69. The molecule has 0 fully saturated rings. The highest BCUT2D eigenvalue weighted by atomic mass is 32.2. The van der Waals surface area contributed by atoms with Crippen molar-refractivity contribution in [1.82, 2.24) is 9.29 Å². The number of benzene rings is 1. The molecule has 0 radical (unpaired) electrons. The first kappa shape index (κ1) is 17.2. The van der Waals surface area contributed by atoms with Crippen molar-refractivity contribution in [2.45, 2.75) is 17.5 Å². The Kier molecular flexibility index (Phi) is 4.13. The number of sulfonamides is 1. The lowest BCUT2D eigenvalue weighted by Gasteiger charge is -2.28. The number of pyridine rings is 1. The van der Waals surface area contributed by atoms with E-state index in [2.05, 4.69) is 4.98 Å². The molecule has 25 heavy (non-hydrogen) atoms. The average molecular weight is 364 g/mol. The number of carboxylic acid groups (broad SMARTS) is 1. The Morgan fingerprint density at radius 1 is 1.36 bits per heavy atom. The molecule has 0 amide bonds. The topological polar surface area (TPSA) is 105 Å². The highest BCUT2D eigenvalue weighted by Gasteiger charge is 2.46. The molecule has 0 bridgehead atoms. The minimum atomic E-state index is -4.20. The Hall–Kier alpha value is -2.65. The number of fused-ring (bicyclic) bond motifs is 1. The number of carboxylic acids is 1. The molecule has 130 valence electrons. The number of aliphatic carboxylic acids is 1. The zero-order valence-electron chi connectivity index (χ0n) is 13.0. The van der Waals surface area contributed by atoms with Crippen molar-refractivity contribution in [3.05, 3.63) is 59.0 Å². The number of carbonyl (C=O) groups is 2. The number of hydrogen-bond acceptors (Lipinski definition) is 5. The van der Waals surface area contributed by atoms with Gasteiger partial charge in [-0.2, -0.15) is 4.31 Å². The van der Waals surface area contributed by atoms with Crippen LogP contribution in [0.2, 0.25) is 0 Å². The molecule has 1 atom stereocenters. The number of Topliss-reactive ketones (excluding diaryl/α,β-unsaturated/α-hetero) is 1. The third kappa shape index (κ3) is 2.81. The summed E-state index contributed by atoms with van der Waals surface area (Å²) >= 11 is 0. The number of rotatable bonds is 3. The Morgan fingerprint density at radius 3 is 2.68 bits per heavy atom. The van der Waals surface area contributed by atoms with Crippen molar-refractivity contribution >= 4 is 21.8 Å². The molecule has 0 saturated heterocycles. The quantitative estimate of drug-likeness (QED) is 0.817. The maximum atomic E-state index is 13.8. The van der Waals surface area contributed by atoms with Crippen LogP contribution in [0, 0.1) is 5.82 Å². The van der Waals surface area contributed by atoms with Gasteiger partial charge in [0.25, 0.3) is 10.0 Å². The van der Waals surface area contributed by atoms with E-state index in [4.69, 9.17) is 0 Å². The number of carbonyl (C=O) groups excluding carboxylic acids is 1.